The van der Waals surface area contributed by atoms with Gasteiger partial charge in [-0.1, -0.05) is 43.5 Å². The predicted molar refractivity (Wildman–Crippen MR) is 205 cm³/mol. The highest BCUT2D eigenvalue weighted by atomic mass is 35.5. The highest BCUT2D eigenvalue weighted by Crippen LogP contribution is 2.46. The Bertz CT molecular complexity index is 1850. The van der Waals surface area contributed by atoms with Gasteiger partial charge < -0.3 is 39.0 Å². The van der Waals surface area contributed by atoms with Crippen molar-refractivity contribution in [2.24, 2.45) is 0 Å². The average Bonchev–Trinajstić information content (AvgIpc) is 3.53. The molecule has 0 bridgehead atoms. The molecule has 290 valence electrons. The second-order valence-electron chi connectivity index (χ2n) is 14.7. The van der Waals surface area contributed by atoms with Crippen LogP contribution in [0.15, 0.2) is 42.5 Å². The van der Waals surface area contributed by atoms with E-state index in [2.05, 4.69) is 0 Å². The van der Waals surface area contributed by atoms with Gasteiger partial charge in [0.05, 0.1) is 36.7 Å². The molecule has 3 amide bonds. The van der Waals surface area contributed by atoms with E-state index in [-0.39, 0.29) is 34.7 Å². The van der Waals surface area contributed by atoms with Crippen molar-refractivity contribution in [1.82, 2.24) is 4.90 Å². The number of benzene rings is 3. The predicted octanol–water partition coefficient (Wildman–Crippen LogP) is 8.00. The standard InChI is InChI=1S/C41H50ClN3O9/c1-51-34-21-29-31(45(41(49)50)40(54-37-17-9-12-20-53-37)30-15-8-10-18-43(30)39(29)48)23-35(34)52-19-11-4-2-3-5-16-36(47)44-25-26(24-42)38-28-14-7-6-13-27(28)33(46)22-32(38)44/h6-7,13-14,21-23,26,30,37,40,46H,2-5,8-12,15-20,24-25H2,1H3,(H,49,50)/t26-,30+,37?,40?/m1/s1. The molecule has 0 aromatic heterocycles. The number of nitrogens with zero attached hydrogens (tertiary/aromatic N) is 3. The summed E-state index contributed by atoms with van der Waals surface area (Å²) in [6.45, 7) is 1.93. The Morgan fingerprint density at radius 2 is 1.72 bits per heavy atom. The van der Waals surface area contributed by atoms with E-state index in [1.54, 1.807) is 28.0 Å². The highest BCUT2D eigenvalue weighted by Gasteiger charge is 2.46. The molecule has 4 heterocycles. The fourth-order valence-corrected chi connectivity index (χ4v) is 8.77. The number of hydrogen-bond donors (Lipinski definition) is 2. The Morgan fingerprint density at radius 1 is 0.944 bits per heavy atom. The monoisotopic (exact) mass is 763 g/mol. The molecule has 3 aromatic carbocycles. The van der Waals surface area contributed by atoms with Gasteiger partial charge in [-0.2, -0.15) is 0 Å². The summed E-state index contributed by atoms with van der Waals surface area (Å²) < 4.78 is 24.1. The number of ether oxygens (including phenoxy) is 4. The van der Waals surface area contributed by atoms with Gasteiger partial charge in [-0.05, 0) is 68.4 Å². The summed E-state index contributed by atoms with van der Waals surface area (Å²) in [6, 6.07) is 12.1. The number of carbonyl (C=O) groups excluding carboxylic acids is 2. The van der Waals surface area contributed by atoms with E-state index < -0.39 is 24.7 Å². The van der Waals surface area contributed by atoms with Crippen LogP contribution in [0.2, 0.25) is 0 Å². The molecule has 2 unspecified atom stereocenters. The lowest BCUT2D eigenvalue weighted by Gasteiger charge is -2.42. The number of unbranched alkanes of at least 4 members (excludes halogenated alkanes) is 4. The zero-order valence-corrected chi connectivity index (χ0v) is 31.6. The minimum absolute atomic E-state index is 0.00916. The van der Waals surface area contributed by atoms with Crippen molar-refractivity contribution in [3.8, 4) is 17.2 Å². The maximum Gasteiger partial charge on any atom is 0.414 e. The lowest BCUT2D eigenvalue weighted by molar-refractivity contribution is -0.198. The summed E-state index contributed by atoms with van der Waals surface area (Å²) in [6.07, 6.45) is 6.66. The van der Waals surface area contributed by atoms with Crippen molar-refractivity contribution >= 4 is 51.7 Å². The summed E-state index contributed by atoms with van der Waals surface area (Å²) in [5.74, 6) is 1.05. The minimum Gasteiger partial charge on any atom is -0.507 e. The van der Waals surface area contributed by atoms with E-state index in [1.165, 1.54) is 12.0 Å². The number of aromatic hydroxyl groups is 1. The first-order valence-electron chi connectivity index (χ1n) is 19.4. The number of carbonyl (C=O) groups is 3. The molecule has 3 aromatic rings. The molecule has 2 fully saturated rings. The number of methoxy groups -OCH3 is 1. The Hall–Kier alpha value is -4.26. The Morgan fingerprint density at radius 3 is 2.48 bits per heavy atom. The maximum atomic E-state index is 14.0. The Labute approximate surface area is 320 Å². The molecule has 7 rings (SSSR count). The molecule has 4 atom stereocenters. The molecule has 12 nitrogen and oxygen atoms in total. The first kappa shape index (κ1) is 38.0. The minimum atomic E-state index is -1.22. The molecule has 0 radical (unpaired) electrons. The zero-order chi connectivity index (χ0) is 37.8. The van der Waals surface area contributed by atoms with E-state index >= 15 is 0 Å². The number of anilines is 2. The van der Waals surface area contributed by atoms with Crippen LogP contribution < -0.4 is 19.3 Å². The number of piperidine rings is 1. The number of halogens is 1. The lowest BCUT2D eigenvalue weighted by atomic mass is 9.95. The molecular weight excluding hydrogens is 714 g/mol. The van der Waals surface area contributed by atoms with E-state index in [1.807, 2.05) is 24.3 Å². The number of alkyl halides is 1. The lowest BCUT2D eigenvalue weighted by Crippen LogP contribution is -2.57. The van der Waals surface area contributed by atoms with E-state index in [0.29, 0.717) is 62.9 Å². The third-order valence-corrected chi connectivity index (χ3v) is 11.6. The summed E-state index contributed by atoms with van der Waals surface area (Å²) in [5.41, 5.74) is 2.22. The van der Waals surface area contributed by atoms with E-state index in [9.17, 15) is 24.6 Å². The summed E-state index contributed by atoms with van der Waals surface area (Å²) in [5, 5.41) is 23.0. The van der Waals surface area contributed by atoms with Crippen LogP contribution in [-0.4, -0.2) is 90.9 Å². The van der Waals surface area contributed by atoms with Crippen LogP contribution in [0.5, 0.6) is 17.2 Å². The van der Waals surface area contributed by atoms with Gasteiger partial charge in [-0.15, -0.1) is 11.6 Å². The first-order chi connectivity index (χ1) is 26.3. The van der Waals surface area contributed by atoms with Crippen LogP contribution in [0.1, 0.15) is 98.9 Å². The molecule has 2 N–H and O–H groups in total. The maximum absolute atomic E-state index is 14.0. The van der Waals surface area contributed by atoms with Crippen molar-refractivity contribution in [1.29, 1.82) is 0 Å². The number of hydrogen-bond acceptors (Lipinski definition) is 8. The van der Waals surface area contributed by atoms with Crippen LogP contribution >= 0.6 is 11.6 Å². The summed E-state index contributed by atoms with van der Waals surface area (Å²) in [7, 11) is 1.50. The normalized spacial score (nSPS) is 22.4. The van der Waals surface area contributed by atoms with Crippen molar-refractivity contribution in [3.63, 3.8) is 0 Å². The fraction of sp³-hybridized carbons (Fsp3) is 0.537. The number of amides is 3. The molecule has 0 saturated carbocycles. The quantitative estimate of drug-likeness (QED) is 0.131. The second-order valence-corrected chi connectivity index (χ2v) is 15.0. The second kappa shape index (κ2) is 17.0. The molecule has 54 heavy (non-hydrogen) atoms. The summed E-state index contributed by atoms with van der Waals surface area (Å²) >= 11 is 6.35. The number of rotatable bonds is 13. The van der Waals surface area contributed by atoms with Crippen LogP contribution in [0.4, 0.5) is 16.2 Å². The summed E-state index contributed by atoms with van der Waals surface area (Å²) in [4.78, 5) is 45.0. The molecule has 4 aliphatic heterocycles. The van der Waals surface area contributed by atoms with Crippen molar-refractivity contribution in [2.45, 2.75) is 102 Å². The number of carboxylic acid groups (broad SMARTS) is 1. The van der Waals surface area contributed by atoms with Crippen molar-refractivity contribution < 1.29 is 43.5 Å². The highest BCUT2D eigenvalue weighted by molar-refractivity contribution is 6.19. The van der Waals surface area contributed by atoms with Gasteiger partial charge in [-0.3, -0.25) is 9.59 Å². The molecule has 4 aliphatic rings. The van der Waals surface area contributed by atoms with Crippen LogP contribution in [-0.2, 0) is 14.3 Å². The van der Waals surface area contributed by atoms with Crippen LogP contribution in [0.25, 0.3) is 10.8 Å². The van der Waals surface area contributed by atoms with E-state index in [0.717, 1.165) is 79.8 Å². The first-order valence-corrected chi connectivity index (χ1v) is 19.9. The topological polar surface area (TPSA) is 138 Å². The van der Waals surface area contributed by atoms with Gasteiger partial charge in [0.25, 0.3) is 5.91 Å². The SMILES string of the molecule is COc1cc2c(cc1OCCCCCCCC(=O)N1C[C@@H](CCl)c3c1cc(O)c1ccccc31)N(C(=O)O)C(OC1CCCCO1)[C@@H]1CCCCN1C2=O. The fourth-order valence-electron chi connectivity index (χ4n) is 8.51. The molecular formula is C41H50ClN3O9. The Kier molecular flexibility index (Phi) is 12.0. The number of phenols is 1. The molecule has 13 heteroatoms. The van der Waals surface area contributed by atoms with Crippen molar-refractivity contribution in [2.75, 3.05) is 49.1 Å². The van der Waals surface area contributed by atoms with Gasteiger partial charge in [0, 0.05) is 55.4 Å². The van der Waals surface area contributed by atoms with Crippen LogP contribution in [0, 0.1) is 0 Å². The van der Waals surface area contributed by atoms with Crippen LogP contribution in [0.3, 0.4) is 0 Å². The van der Waals surface area contributed by atoms with Gasteiger partial charge in [0.15, 0.2) is 24.0 Å². The zero-order valence-electron chi connectivity index (χ0n) is 30.8. The molecule has 0 aliphatic carbocycles. The Balaban J connectivity index is 0.956. The molecule has 2 saturated heterocycles. The van der Waals surface area contributed by atoms with E-state index in [4.69, 9.17) is 30.5 Å². The smallest absolute Gasteiger partial charge is 0.414 e. The third-order valence-electron chi connectivity index (χ3n) is 11.2. The largest absolute Gasteiger partial charge is 0.507 e. The average molecular weight is 764 g/mol. The van der Waals surface area contributed by atoms with Gasteiger partial charge in [0.1, 0.15) is 5.75 Å². The molecule has 0 spiro atoms. The number of fused-ring (bicyclic) bond motifs is 5. The third kappa shape index (κ3) is 7.65. The van der Waals surface area contributed by atoms with Gasteiger partial charge in [-0.25, -0.2) is 9.69 Å². The van der Waals surface area contributed by atoms with Gasteiger partial charge in [0.2, 0.25) is 5.91 Å². The van der Waals surface area contributed by atoms with Gasteiger partial charge >= 0.3 is 6.09 Å². The number of phenolic OH excluding ortho intramolecular Hbond substituents is 1. The van der Waals surface area contributed by atoms with Crippen molar-refractivity contribution in [3.05, 3.63) is 53.6 Å².